The Bertz CT molecular complexity index is 632. The highest BCUT2D eigenvalue weighted by Crippen LogP contribution is 2.38. The summed E-state index contributed by atoms with van der Waals surface area (Å²) in [6.45, 7) is 4.70. The van der Waals surface area contributed by atoms with Crippen LogP contribution in [0.4, 0.5) is 5.69 Å². The average molecular weight is 338 g/mol. The highest BCUT2D eigenvalue weighted by Gasteiger charge is 2.29. The molecule has 0 saturated heterocycles. The monoisotopic (exact) mass is 337 g/mol. The van der Waals surface area contributed by atoms with Crippen LogP contribution in [0.3, 0.4) is 0 Å². The summed E-state index contributed by atoms with van der Waals surface area (Å²) in [5.41, 5.74) is 3.06. The van der Waals surface area contributed by atoms with Gasteiger partial charge in [0.1, 0.15) is 0 Å². The van der Waals surface area contributed by atoms with Crippen molar-refractivity contribution in [2.24, 2.45) is 0 Å². The van der Waals surface area contributed by atoms with Crippen LogP contribution < -0.4 is 5.32 Å². The average Bonchev–Trinajstić information content (AvgIpc) is 2.60. The first-order chi connectivity index (χ1) is 12.2. The van der Waals surface area contributed by atoms with E-state index in [-0.39, 0.29) is 5.54 Å². The van der Waals surface area contributed by atoms with Crippen LogP contribution in [-0.4, -0.2) is 5.54 Å². The third-order valence-corrected chi connectivity index (χ3v) is 5.84. The van der Waals surface area contributed by atoms with Crippen LogP contribution in [0.5, 0.6) is 0 Å². The lowest BCUT2D eigenvalue weighted by Crippen LogP contribution is -2.39. The Morgan fingerprint density at radius 2 is 1.48 bits per heavy atom. The SMILES string of the molecule is CCCCCCCCCCCC1(C)Cc2cccc3cccc(c23)N1. The van der Waals surface area contributed by atoms with Gasteiger partial charge in [0, 0.05) is 16.6 Å². The molecule has 1 nitrogen and oxygen atoms in total. The molecule has 0 radical (unpaired) electrons. The van der Waals surface area contributed by atoms with Crippen LogP contribution in [0.2, 0.25) is 0 Å². The molecule has 1 atom stereocenters. The molecule has 3 rings (SSSR count). The Kier molecular flexibility index (Phi) is 6.39. The quantitative estimate of drug-likeness (QED) is 0.443. The number of benzene rings is 2. The van der Waals surface area contributed by atoms with E-state index in [4.69, 9.17) is 0 Å². The molecule has 136 valence electrons. The summed E-state index contributed by atoms with van der Waals surface area (Å²) < 4.78 is 0. The molecule has 1 aliphatic rings. The molecule has 0 amide bonds. The van der Waals surface area contributed by atoms with Gasteiger partial charge < -0.3 is 5.32 Å². The number of anilines is 1. The molecule has 2 aromatic carbocycles. The molecule has 0 saturated carbocycles. The van der Waals surface area contributed by atoms with Gasteiger partial charge in [0.05, 0.1) is 0 Å². The second-order valence-electron chi connectivity index (χ2n) is 8.26. The van der Waals surface area contributed by atoms with Crippen LogP contribution in [0.25, 0.3) is 10.8 Å². The van der Waals surface area contributed by atoms with Crippen molar-refractivity contribution in [2.75, 3.05) is 5.32 Å². The third kappa shape index (κ3) is 4.77. The molecule has 1 aliphatic heterocycles. The zero-order valence-corrected chi connectivity index (χ0v) is 16.2. The van der Waals surface area contributed by atoms with Gasteiger partial charge in [-0.05, 0) is 36.8 Å². The fourth-order valence-corrected chi connectivity index (χ4v) is 4.44. The molecule has 0 spiro atoms. The summed E-state index contributed by atoms with van der Waals surface area (Å²) in [5, 5.41) is 6.67. The predicted octanol–water partition coefficient (Wildman–Crippen LogP) is 7.49. The van der Waals surface area contributed by atoms with Crippen molar-refractivity contribution in [3.63, 3.8) is 0 Å². The van der Waals surface area contributed by atoms with Gasteiger partial charge in [-0.15, -0.1) is 0 Å². The lowest BCUT2D eigenvalue weighted by Gasteiger charge is -2.37. The van der Waals surface area contributed by atoms with Crippen LogP contribution in [0.1, 0.15) is 83.6 Å². The molecule has 0 aromatic heterocycles. The fraction of sp³-hybridized carbons (Fsp3) is 0.583. The molecule has 0 fully saturated rings. The Labute approximate surface area is 154 Å². The summed E-state index contributed by atoms with van der Waals surface area (Å²) in [4.78, 5) is 0. The highest BCUT2D eigenvalue weighted by molar-refractivity contribution is 5.98. The van der Waals surface area contributed by atoms with Crippen LogP contribution in [-0.2, 0) is 6.42 Å². The van der Waals surface area contributed by atoms with Gasteiger partial charge in [-0.3, -0.25) is 0 Å². The van der Waals surface area contributed by atoms with Gasteiger partial charge >= 0.3 is 0 Å². The summed E-state index contributed by atoms with van der Waals surface area (Å²) in [6.07, 6.45) is 15.1. The molecule has 2 aromatic rings. The number of unbranched alkanes of at least 4 members (excludes halogenated alkanes) is 8. The Hall–Kier alpha value is -1.50. The molecule has 1 unspecified atom stereocenters. The minimum absolute atomic E-state index is 0.212. The minimum Gasteiger partial charge on any atom is -0.379 e. The second-order valence-corrected chi connectivity index (χ2v) is 8.26. The van der Waals surface area contributed by atoms with Crippen molar-refractivity contribution in [1.82, 2.24) is 0 Å². The first-order valence-electron chi connectivity index (χ1n) is 10.5. The van der Waals surface area contributed by atoms with Crippen LogP contribution in [0, 0.1) is 0 Å². The van der Waals surface area contributed by atoms with E-state index in [2.05, 4.69) is 55.6 Å². The van der Waals surface area contributed by atoms with Crippen molar-refractivity contribution >= 4 is 16.5 Å². The summed E-state index contributed by atoms with van der Waals surface area (Å²) >= 11 is 0. The van der Waals surface area contributed by atoms with E-state index < -0.39 is 0 Å². The van der Waals surface area contributed by atoms with Gasteiger partial charge in [0.2, 0.25) is 0 Å². The van der Waals surface area contributed by atoms with Crippen molar-refractivity contribution in [2.45, 2.75) is 90.0 Å². The summed E-state index contributed by atoms with van der Waals surface area (Å²) in [7, 11) is 0. The van der Waals surface area contributed by atoms with E-state index in [0.717, 1.165) is 6.42 Å². The van der Waals surface area contributed by atoms with E-state index in [9.17, 15) is 0 Å². The number of rotatable bonds is 10. The molecule has 25 heavy (non-hydrogen) atoms. The Morgan fingerprint density at radius 3 is 2.20 bits per heavy atom. The van der Waals surface area contributed by atoms with Gasteiger partial charge in [0.25, 0.3) is 0 Å². The van der Waals surface area contributed by atoms with Crippen molar-refractivity contribution in [1.29, 1.82) is 0 Å². The van der Waals surface area contributed by atoms with E-state index in [1.54, 1.807) is 0 Å². The largest absolute Gasteiger partial charge is 0.379 e. The predicted molar refractivity (Wildman–Crippen MR) is 112 cm³/mol. The van der Waals surface area contributed by atoms with Crippen molar-refractivity contribution in [3.05, 3.63) is 42.0 Å². The lowest BCUT2D eigenvalue weighted by atomic mass is 9.82. The van der Waals surface area contributed by atoms with E-state index in [1.165, 1.54) is 86.2 Å². The minimum atomic E-state index is 0.212. The van der Waals surface area contributed by atoms with Gasteiger partial charge in [-0.1, -0.05) is 95.0 Å². The first kappa shape index (κ1) is 18.3. The lowest BCUT2D eigenvalue weighted by molar-refractivity contribution is 0.433. The normalized spacial score (nSPS) is 19.1. The van der Waals surface area contributed by atoms with Crippen molar-refractivity contribution in [3.8, 4) is 0 Å². The van der Waals surface area contributed by atoms with Gasteiger partial charge in [0.15, 0.2) is 0 Å². The maximum atomic E-state index is 3.86. The summed E-state index contributed by atoms with van der Waals surface area (Å²) in [5.74, 6) is 0. The van der Waals surface area contributed by atoms with Crippen LogP contribution in [0.15, 0.2) is 36.4 Å². The van der Waals surface area contributed by atoms with Crippen molar-refractivity contribution < 1.29 is 0 Å². The van der Waals surface area contributed by atoms with E-state index >= 15 is 0 Å². The molecular weight excluding hydrogens is 302 g/mol. The first-order valence-corrected chi connectivity index (χ1v) is 10.5. The maximum absolute atomic E-state index is 3.86. The van der Waals surface area contributed by atoms with Crippen LogP contribution >= 0.6 is 0 Å². The van der Waals surface area contributed by atoms with Gasteiger partial charge in [-0.2, -0.15) is 0 Å². The second kappa shape index (κ2) is 8.74. The summed E-state index contributed by atoms with van der Waals surface area (Å²) in [6, 6.07) is 13.4. The molecule has 0 aliphatic carbocycles. The number of hydrogen-bond donors (Lipinski definition) is 1. The molecule has 1 heterocycles. The molecule has 1 heteroatoms. The standard InChI is InChI=1S/C24H35N/c1-3-4-5-6-7-8-9-10-11-18-24(2)19-21-16-12-14-20-15-13-17-22(25-24)23(20)21/h12-17,25H,3-11,18-19H2,1-2H3. The fourth-order valence-electron chi connectivity index (χ4n) is 4.44. The molecule has 0 bridgehead atoms. The maximum Gasteiger partial charge on any atom is 0.0426 e. The molecular formula is C24H35N. The topological polar surface area (TPSA) is 12.0 Å². The zero-order valence-electron chi connectivity index (χ0n) is 16.2. The smallest absolute Gasteiger partial charge is 0.0426 e. The molecule has 1 N–H and O–H groups in total. The Balaban J connectivity index is 1.45. The van der Waals surface area contributed by atoms with E-state index in [1.807, 2.05) is 0 Å². The number of nitrogens with one attached hydrogen (secondary N) is 1. The van der Waals surface area contributed by atoms with Gasteiger partial charge in [-0.25, -0.2) is 0 Å². The Morgan fingerprint density at radius 1 is 0.840 bits per heavy atom. The third-order valence-electron chi connectivity index (χ3n) is 5.84. The number of hydrogen-bond acceptors (Lipinski definition) is 1. The van der Waals surface area contributed by atoms with E-state index in [0.29, 0.717) is 0 Å². The highest BCUT2D eigenvalue weighted by atomic mass is 15.0. The zero-order chi connectivity index (χ0) is 17.5.